The summed E-state index contributed by atoms with van der Waals surface area (Å²) in [4.78, 5) is 16.4. The Labute approximate surface area is 150 Å². The molecule has 5 nitrogen and oxygen atoms in total. The van der Waals surface area contributed by atoms with Crippen molar-refractivity contribution in [1.82, 2.24) is 15.1 Å². The molecule has 0 aromatic heterocycles. The Balaban J connectivity index is 0.00000208. The number of benzene rings is 1. The van der Waals surface area contributed by atoms with Gasteiger partial charge in [0.25, 0.3) is 0 Å². The second-order valence-electron chi connectivity index (χ2n) is 7.25. The highest BCUT2D eigenvalue weighted by atomic mass is 35.5. The van der Waals surface area contributed by atoms with Gasteiger partial charge in [0.05, 0.1) is 6.54 Å². The van der Waals surface area contributed by atoms with Gasteiger partial charge in [-0.3, -0.25) is 9.69 Å². The normalized spacial score (nSPS) is 18.8. The summed E-state index contributed by atoms with van der Waals surface area (Å²) in [6.07, 6.45) is 0.944. The van der Waals surface area contributed by atoms with E-state index in [-0.39, 0.29) is 23.9 Å². The van der Waals surface area contributed by atoms with E-state index in [9.17, 15) is 4.79 Å². The second kappa shape index (κ2) is 7.72. The van der Waals surface area contributed by atoms with Crippen LogP contribution in [0.25, 0.3) is 0 Å². The number of piperazine rings is 1. The van der Waals surface area contributed by atoms with Crippen LogP contribution in [-0.2, 0) is 17.8 Å². The van der Waals surface area contributed by atoms with Gasteiger partial charge in [-0.1, -0.05) is 18.2 Å². The Morgan fingerprint density at radius 1 is 1.33 bits per heavy atom. The Morgan fingerprint density at radius 2 is 2.04 bits per heavy atom. The molecule has 0 aliphatic carbocycles. The lowest BCUT2D eigenvalue weighted by Crippen LogP contribution is -2.49. The van der Waals surface area contributed by atoms with Gasteiger partial charge in [0, 0.05) is 44.7 Å². The molecular weight excluding hydrogens is 326 g/mol. The molecule has 0 saturated carbocycles. The van der Waals surface area contributed by atoms with Crippen LogP contribution in [0.3, 0.4) is 0 Å². The van der Waals surface area contributed by atoms with E-state index >= 15 is 0 Å². The number of hydrogen-bond acceptors (Lipinski definition) is 4. The minimum Gasteiger partial charge on any atom is -0.487 e. The molecule has 0 radical (unpaired) electrons. The number of amides is 1. The summed E-state index contributed by atoms with van der Waals surface area (Å²) in [5.74, 6) is 1.22. The third-order valence-corrected chi connectivity index (χ3v) is 4.49. The summed E-state index contributed by atoms with van der Waals surface area (Å²) in [5, 5.41) is 3.27. The highest BCUT2D eigenvalue weighted by molar-refractivity contribution is 5.85. The van der Waals surface area contributed by atoms with Crippen LogP contribution < -0.4 is 10.1 Å². The van der Waals surface area contributed by atoms with Crippen molar-refractivity contribution in [2.24, 2.45) is 0 Å². The molecule has 0 atom stereocenters. The highest BCUT2D eigenvalue weighted by Gasteiger charge is 2.31. The van der Waals surface area contributed by atoms with Crippen LogP contribution in [0, 0.1) is 0 Å². The average molecular weight is 354 g/mol. The average Bonchev–Trinajstić information content (AvgIpc) is 2.83. The second-order valence-corrected chi connectivity index (χ2v) is 7.25. The minimum atomic E-state index is -0.131. The maximum absolute atomic E-state index is 12.4. The van der Waals surface area contributed by atoms with Crippen molar-refractivity contribution in [1.29, 1.82) is 0 Å². The van der Waals surface area contributed by atoms with Gasteiger partial charge in [0.2, 0.25) is 5.91 Å². The van der Waals surface area contributed by atoms with Crippen molar-refractivity contribution in [3.8, 4) is 5.75 Å². The minimum absolute atomic E-state index is 0. The maximum Gasteiger partial charge on any atom is 0.236 e. The zero-order valence-corrected chi connectivity index (χ0v) is 15.6. The maximum atomic E-state index is 12.4. The molecule has 1 saturated heterocycles. The number of nitrogens with one attached hydrogen (secondary N) is 1. The van der Waals surface area contributed by atoms with E-state index in [0.717, 1.165) is 44.9 Å². The first-order valence-electron chi connectivity index (χ1n) is 8.41. The van der Waals surface area contributed by atoms with Crippen molar-refractivity contribution >= 4 is 18.3 Å². The van der Waals surface area contributed by atoms with Gasteiger partial charge in [-0.2, -0.15) is 0 Å². The lowest BCUT2D eigenvalue weighted by molar-refractivity contribution is -0.132. The Hall–Kier alpha value is -1.30. The number of carbonyl (C=O) groups excluding carboxylic acids is 1. The van der Waals surface area contributed by atoms with Crippen molar-refractivity contribution in [3.63, 3.8) is 0 Å². The van der Waals surface area contributed by atoms with E-state index in [2.05, 4.69) is 42.3 Å². The van der Waals surface area contributed by atoms with Crippen LogP contribution in [0.1, 0.15) is 25.0 Å². The fourth-order valence-electron chi connectivity index (χ4n) is 3.40. The molecule has 1 aromatic rings. The first-order chi connectivity index (χ1) is 10.9. The quantitative estimate of drug-likeness (QED) is 0.894. The van der Waals surface area contributed by atoms with Crippen molar-refractivity contribution in [3.05, 3.63) is 29.3 Å². The lowest BCUT2D eigenvalue weighted by atomic mass is 10.0. The van der Waals surface area contributed by atoms with Crippen LogP contribution >= 0.6 is 12.4 Å². The molecule has 0 unspecified atom stereocenters. The molecule has 24 heavy (non-hydrogen) atoms. The lowest BCUT2D eigenvalue weighted by Gasteiger charge is -2.29. The summed E-state index contributed by atoms with van der Waals surface area (Å²) in [7, 11) is 2.00. The van der Waals surface area contributed by atoms with E-state index < -0.39 is 0 Å². The van der Waals surface area contributed by atoms with Gasteiger partial charge in [-0.05, 0) is 26.5 Å². The number of likely N-dealkylation sites (N-methyl/N-ethyl adjacent to an activating group) is 1. The predicted molar refractivity (Wildman–Crippen MR) is 97.9 cm³/mol. The van der Waals surface area contributed by atoms with E-state index in [1.54, 1.807) is 0 Å². The zero-order valence-electron chi connectivity index (χ0n) is 14.8. The number of ether oxygens (including phenoxy) is 1. The fourth-order valence-corrected chi connectivity index (χ4v) is 3.40. The summed E-state index contributed by atoms with van der Waals surface area (Å²) in [6.45, 7) is 8.83. The van der Waals surface area contributed by atoms with Crippen molar-refractivity contribution < 1.29 is 9.53 Å². The Morgan fingerprint density at radius 3 is 2.75 bits per heavy atom. The number of nitrogens with zero attached hydrogens (tertiary/aromatic N) is 2. The summed E-state index contributed by atoms with van der Waals surface area (Å²) in [6, 6.07) is 6.33. The first-order valence-corrected chi connectivity index (χ1v) is 8.41. The van der Waals surface area contributed by atoms with Gasteiger partial charge in [0.1, 0.15) is 11.4 Å². The molecule has 3 rings (SSSR count). The molecular formula is C18H28ClN3O2. The number of carbonyl (C=O) groups is 1. The molecule has 1 amide bonds. The van der Waals surface area contributed by atoms with Gasteiger partial charge in [0.15, 0.2) is 0 Å². The Kier molecular flexibility index (Phi) is 6.12. The Bertz CT molecular complexity index is 586. The highest BCUT2D eigenvalue weighted by Crippen LogP contribution is 2.37. The van der Waals surface area contributed by atoms with Crippen LogP contribution in [0.4, 0.5) is 0 Å². The molecule has 1 aromatic carbocycles. The number of rotatable bonds is 4. The van der Waals surface area contributed by atoms with E-state index in [0.29, 0.717) is 6.54 Å². The number of hydrogen-bond donors (Lipinski definition) is 1. The summed E-state index contributed by atoms with van der Waals surface area (Å²) in [5.41, 5.74) is 2.31. The molecule has 1 N–H and O–H groups in total. The molecule has 2 aliphatic rings. The van der Waals surface area contributed by atoms with E-state index in [4.69, 9.17) is 4.74 Å². The number of para-hydroxylation sites is 1. The molecule has 0 spiro atoms. The molecule has 6 heteroatoms. The van der Waals surface area contributed by atoms with Crippen molar-refractivity contribution in [2.45, 2.75) is 32.4 Å². The zero-order chi connectivity index (χ0) is 16.4. The van der Waals surface area contributed by atoms with E-state index in [1.807, 2.05) is 11.9 Å². The van der Waals surface area contributed by atoms with Gasteiger partial charge in [-0.15, -0.1) is 12.4 Å². The van der Waals surface area contributed by atoms with Crippen LogP contribution in [0.5, 0.6) is 5.75 Å². The standard InChI is InChI=1S/C18H27N3O2.ClH/c1-18(2)11-14-5-4-6-15(17(14)23-18)12-20(3)13-16(22)21-9-7-19-8-10-21;/h4-6,19H,7-13H2,1-3H3;1H. The van der Waals surface area contributed by atoms with Crippen molar-refractivity contribution in [2.75, 3.05) is 39.8 Å². The van der Waals surface area contributed by atoms with E-state index in [1.165, 1.54) is 11.1 Å². The van der Waals surface area contributed by atoms with Gasteiger partial charge < -0.3 is 15.0 Å². The van der Waals surface area contributed by atoms with Gasteiger partial charge in [-0.25, -0.2) is 0 Å². The predicted octanol–water partition coefficient (Wildman–Crippen LogP) is 1.69. The number of fused-ring (bicyclic) bond motifs is 1. The monoisotopic (exact) mass is 353 g/mol. The topological polar surface area (TPSA) is 44.8 Å². The van der Waals surface area contributed by atoms with Crippen LogP contribution in [0.2, 0.25) is 0 Å². The third kappa shape index (κ3) is 4.41. The molecule has 134 valence electrons. The molecule has 2 heterocycles. The summed E-state index contributed by atoms with van der Waals surface area (Å²) >= 11 is 0. The smallest absolute Gasteiger partial charge is 0.236 e. The SMILES string of the molecule is CN(CC(=O)N1CCNCC1)Cc1cccc2c1OC(C)(C)C2.Cl. The largest absolute Gasteiger partial charge is 0.487 e. The molecule has 0 bridgehead atoms. The number of halogens is 1. The van der Waals surface area contributed by atoms with Gasteiger partial charge >= 0.3 is 0 Å². The van der Waals surface area contributed by atoms with Crippen LogP contribution in [0.15, 0.2) is 18.2 Å². The third-order valence-electron chi connectivity index (χ3n) is 4.49. The molecule has 1 fully saturated rings. The first kappa shape index (κ1) is 19.0. The fraction of sp³-hybridized carbons (Fsp3) is 0.611. The summed E-state index contributed by atoms with van der Waals surface area (Å²) < 4.78 is 6.12. The van der Waals surface area contributed by atoms with Crippen LogP contribution in [-0.4, -0.2) is 61.1 Å². The molecule has 2 aliphatic heterocycles.